The molecule has 0 fully saturated rings. The van der Waals surface area contributed by atoms with E-state index < -0.39 is 5.97 Å². The van der Waals surface area contributed by atoms with E-state index in [1.54, 1.807) is 19.2 Å². The van der Waals surface area contributed by atoms with Crippen LogP contribution in [0.5, 0.6) is 5.75 Å². The Morgan fingerprint density at radius 3 is 2.82 bits per heavy atom. The van der Waals surface area contributed by atoms with Gasteiger partial charge < -0.3 is 14.3 Å². The molecule has 0 unspecified atom stereocenters. The smallest absolute Gasteiger partial charge is 0.372 e. The Morgan fingerprint density at radius 2 is 2.24 bits per heavy atom. The first-order valence-corrected chi connectivity index (χ1v) is 5.50. The maximum atomic E-state index is 11.1. The Labute approximate surface area is 98.8 Å². The third-order valence-electron chi connectivity index (χ3n) is 2.69. The standard InChI is InChI=1S/C13H14O4/c1-3-4-9-10-7-8(16-2)5-6-11(10)17-12(9)13(14)15/h5-7H,3-4H2,1-2H3,(H,14,15). The van der Waals surface area contributed by atoms with Gasteiger partial charge in [0.15, 0.2) is 0 Å². The average molecular weight is 234 g/mol. The number of hydrogen-bond acceptors (Lipinski definition) is 3. The molecular formula is C13H14O4. The van der Waals surface area contributed by atoms with Crippen LogP contribution < -0.4 is 4.74 Å². The van der Waals surface area contributed by atoms with Crippen LogP contribution >= 0.6 is 0 Å². The molecule has 17 heavy (non-hydrogen) atoms. The van der Waals surface area contributed by atoms with Crippen LogP contribution in [0.4, 0.5) is 0 Å². The molecule has 1 N–H and O–H groups in total. The molecule has 1 heterocycles. The topological polar surface area (TPSA) is 59.7 Å². The first kappa shape index (κ1) is 11.5. The summed E-state index contributed by atoms with van der Waals surface area (Å²) in [6, 6.07) is 5.31. The van der Waals surface area contributed by atoms with Crippen molar-refractivity contribution in [3.63, 3.8) is 0 Å². The Bertz CT molecular complexity index is 554. The van der Waals surface area contributed by atoms with E-state index in [1.807, 2.05) is 13.0 Å². The summed E-state index contributed by atoms with van der Waals surface area (Å²) >= 11 is 0. The van der Waals surface area contributed by atoms with Crippen LogP contribution in [0.3, 0.4) is 0 Å². The summed E-state index contributed by atoms with van der Waals surface area (Å²) in [6.45, 7) is 2.00. The van der Waals surface area contributed by atoms with Crippen molar-refractivity contribution in [1.82, 2.24) is 0 Å². The van der Waals surface area contributed by atoms with Crippen molar-refractivity contribution >= 4 is 16.9 Å². The molecule has 4 nitrogen and oxygen atoms in total. The Hall–Kier alpha value is -1.97. The van der Waals surface area contributed by atoms with Crippen LogP contribution in [0.25, 0.3) is 11.0 Å². The van der Waals surface area contributed by atoms with Gasteiger partial charge in [0.05, 0.1) is 7.11 Å². The van der Waals surface area contributed by atoms with Gasteiger partial charge >= 0.3 is 5.97 Å². The van der Waals surface area contributed by atoms with Crippen LogP contribution in [0.1, 0.15) is 29.5 Å². The minimum Gasteiger partial charge on any atom is -0.497 e. The molecular weight excluding hydrogens is 220 g/mol. The van der Waals surface area contributed by atoms with Gasteiger partial charge in [-0.1, -0.05) is 13.3 Å². The summed E-state index contributed by atoms with van der Waals surface area (Å²) in [5.41, 5.74) is 1.33. The molecule has 0 spiro atoms. The largest absolute Gasteiger partial charge is 0.497 e. The van der Waals surface area contributed by atoms with Crippen LogP contribution in [0.2, 0.25) is 0 Å². The molecule has 90 valence electrons. The summed E-state index contributed by atoms with van der Waals surface area (Å²) in [5.74, 6) is -0.286. The zero-order valence-electron chi connectivity index (χ0n) is 9.82. The van der Waals surface area contributed by atoms with Gasteiger partial charge in [0.25, 0.3) is 0 Å². The van der Waals surface area contributed by atoms with E-state index in [9.17, 15) is 4.79 Å². The second-order valence-corrected chi connectivity index (χ2v) is 3.83. The molecule has 2 aromatic rings. The van der Waals surface area contributed by atoms with Gasteiger partial charge in [-0.15, -0.1) is 0 Å². The number of aromatic carboxylic acids is 1. The van der Waals surface area contributed by atoms with Crippen molar-refractivity contribution in [3.05, 3.63) is 29.5 Å². The van der Waals surface area contributed by atoms with Crippen LogP contribution in [-0.4, -0.2) is 18.2 Å². The van der Waals surface area contributed by atoms with Crippen molar-refractivity contribution < 1.29 is 19.1 Å². The van der Waals surface area contributed by atoms with Gasteiger partial charge in [-0.3, -0.25) is 0 Å². The molecule has 0 radical (unpaired) electrons. The molecule has 4 heteroatoms. The molecule has 0 bridgehead atoms. The minimum atomic E-state index is -1.02. The zero-order valence-corrected chi connectivity index (χ0v) is 9.82. The summed E-state index contributed by atoms with van der Waals surface area (Å²) in [6.07, 6.45) is 1.55. The molecule has 0 saturated carbocycles. The SMILES string of the molecule is CCCc1c(C(=O)O)oc2ccc(OC)cc12. The third kappa shape index (κ3) is 1.98. The van der Waals surface area contributed by atoms with Crippen molar-refractivity contribution in [1.29, 1.82) is 0 Å². The van der Waals surface area contributed by atoms with Crippen molar-refractivity contribution in [3.8, 4) is 5.75 Å². The number of aryl methyl sites for hydroxylation is 1. The van der Waals surface area contributed by atoms with Gasteiger partial charge in [0, 0.05) is 10.9 Å². The normalized spacial score (nSPS) is 10.7. The lowest BCUT2D eigenvalue weighted by atomic mass is 10.1. The summed E-state index contributed by atoms with van der Waals surface area (Å²) in [5, 5.41) is 9.92. The second-order valence-electron chi connectivity index (χ2n) is 3.83. The number of fused-ring (bicyclic) bond motifs is 1. The van der Waals surface area contributed by atoms with Crippen molar-refractivity contribution in [2.24, 2.45) is 0 Å². The van der Waals surface area contributed by atoms with E-state index >= 15 is 0 Å². The monoisotopic (exact) mass is 234 g/mol. The number of hydrogen-bond donors (Lipinski definition) is 1. The third-order valence-corrected chi connectivity index (χ3v) is 2.69. The number of ether oxygens (including phenoxy) is 1. The van der Waals surface area contributed by atoms with Crippen LogP contribution in [-0.2, 0) is 6.42 Å². The Morgan fingerprint density at radius 1 is 1.47 bits per heavy atom. The number of rotatable bonds is 4. The van der Waals surface area contributed by atoms with Crippen LogP contribution in [0.15, 0.2) is 22.6 Å². The predicted molar refractivity (Wildman–Crippen MR) is 63.7 cm³/mol. The fourth-order valence-corrected chi connectivity index (χ4v) is 1.93. The summed E-state index contributed by atoms with van der Waals surface area (Å²) in [7, 11) is 1.58. The zero-order chi connectivity index (χ0) is 12.4. The quantitative estimate of drug-likeness (QED) is 0.883. The highest BCUT2D eigenvalue weighted by atomic mass is 16.5. The van der Waals surface area contributed by atoms with E-state index in [0.29, 0.717) is 17.8 Å². The molecule has 0 aliphatic heterocycles. The average Bonchev–Trinajstić information content (AvgIpc) is 2.68. The highest BCUT2D eigenvalue weighted by molar-refractivity contribution is 5.95. The summed E-state index contributed by atoms with van der Waals surface area (Å²) in [4.78, 5) is 11.1. The molecule has 2 rings (SSSR count). The number of benzene rings is 1. The number of carboxylic acid groups (broad SMARTS) is 1. The fourth-order valence-electron chi connectivity index (χ4n) is 1.93. The Balaban J connectivity index is 2.67. The Kier molecular flexibility index (Phi) is 3.04. The van der Waals surface area contributed by atoms with E-state index in [1.165, 1.54) is 0 Å². The van der Waals surface area contributed by atoms with Crippen LogP contribution in [0, 0.1) is 0 Å². The molecule has 1 aromatic carbocycles. The molecule has 0 atom stereocenters. The van der Waals surface area contributed by atoms with E-state index in [2.05, 4.69) is 0 Å². The highest BCUT2D eigenvalue weighted by Gasteiger charge is 2.19. The van der Waals surface area contributed by atoms with Gasteiger partial charge in [-0.2, -0.15) is 0 Å². The lowest BCUT2D eigenvalue weighted by Crippen LogP contribution is -1.98. The van der Waals surface area contributed by atoms with Gasteiger partial charge in [0.1, 0.15) is 11.3 Å². The van der Waals surface area contributed by atoms with Gasteiger partial charge in [-0.05, 0) is 24.6 Å². The van der Waals surface area contributed by atoms with Crippen molar-refractivity contribution in [2.75, 3.05) is 7.11 Å². The molecule has 0 aliphatic rings. The molecule has 0 aliphatic carbocycles. The number of methoxy groups -OCH3 is 1. The van der Waals surface area contributed by atoms with Crippen molar-refractivity contribution in [2.45, 2.75) is 19.8 Å². The predicted octanol–water partition coefficient (Wildman–Crippen LogP) is 3.09. The number of carbonyl (C=O) groups is 1. The number of furan rings is 1. The van der Waals surface area contributed by atoms with Gasteiger partial charge in [0.2, 0.25) is 5.76 Å². The lowest BCUT2D eigenvalue weighted by Gasteiger charge is -2.00. The fraction of sp³-hybridized carbons (Fsp3) is 0.308. The van der Waals surface area contributed by atoms with E-state index in [0.717, 1.165) is 17.4 Å². The minimum absolute atomic E-state index is 0.0371. The maximum absolute atomic E-state index is 11.1. The lowest BCUT2D eigenvalue weighted by molar-refractivity contribution is 0.0663. The first-order chi connectivity index (χ1) is 8.17. The molecule has 0 saturated heterocycles. The highest BCUT2D eigenvalue weighted by Crippen LogP contribution is 2.30. The summed E-state index contributed by atoms with van der Waals surface area (Å²) < 4.78 is 10.5. The second kappa shape index (κ2) is 4.49. The first-order valence-electron chi connectivity index (χ1n) is 5.50. The number of carboxylic acids is 1. The molecule has 0 amide bonds. The van der Waals surface area contributed by atoms with E-state index in [4.69, 9.17) is 14.3 Å². The maximum Gasteiger partial charge on any atom is 0.372 e. The molecule has 1 aromatic heterocycles. The van der Waals surface area contributed by atoms with E-state index in [-0.39, 0.29) is 5.76 Å². The van der Waals surface area contributed by atoms with Gasteiger partial charge in [-0.25, -0.2) is 4.79 Å².